The first-order valence-electron chi connectivity index (χ1n) is 4.19. The SMILES string of the molecule is NCCOc1noc2cccc(Br)c12. The number of hydrogen-bond donors (Lipinski definition) is 1. The van der Waals surface area contributed by atoms with Gasteiger partial charge in [0.1, 0.15) is 6.61 Å². The molecule has 2 rings (SSSR count). The number of aromatic nitrogens is 1. The molecule has 0 unspecified atom stereocenters. The molecule has 1 heterocycles. The quantitative estimate of drug-likeness (QED) is 0.912. The zero-order chi connectivity index (χ0) is 9.97. The molecule has 0 aliphatic heterocycles. The lowest BCUT2D eigenvalue weighted by Crippen LogP contribution is -2.10. The molecule has 0 saturated heterocycles. The van der Waals surface area contributed by atoms with Gasteiger partial charge in [0.25, 0.3) is 5.88 Å². The van der Waals surface area contributed by atoms with Gasteiger partial charge in [-0.1, -0.05) is 6.07 Å². The lowest BCUT2D eigenvalue weighted by molar-refractivity contribution is 0.293. The van der Waals surface area contributed by atoms with Crippen LogP contribution in [0.4, 0.5) is 0 Å². The molecule has 0 aliphatic rings. The van der Waals surface area contributed by atoms with Gasteiger partial charge in [0.15, 0.2) is 5.58 Å². The average molecular weight is 257 g/mol. The van der Waals surface area contributed by atoms with Crippen LogP contribution < -0.4 is 10.5 Å². The maximum Gasteiger partial charge on any atom is 0.263 e. The summed E-state index contributed by atoms with van der Waals surface area (Å²) in [5, 5.41) is 4.66. The van der Waals surface area contributed by atoms with Gasteiger partial charge < -0.3 is 15.0 Å². The fourth-order valence-corrected chi connectivity index (χ4v) is 1.70. The molecule has 1 aromatic heterocycles. The lowest BCUT2D eigenvalue weighted by Gasteiger charge is -1.99. The van der Waals surface area contributed by atoms with Crippen LogP contribution in [0, 0.1) is 0 Å². The minimum atomic E-state index is 0.433. The molecule has 0 spiro atoms. The van der Waals surface area contributed by atoms with Crippen LogP contribution in [-0.4, -0.2) is 18.3 Å². The molecule has 0 amide bonds. The molecule has 2 N–H and O–H groups in total. The van der Waals surface area contributed by atoms with Crippen LogP contribution in [0.25, 0.3) is 11.0 Å². The highest BCUT2D eigenvalue weighted by molar-refractivity contribution is 9.10. The Morgan fingerprint density at radius 3 is 3.14 bits per heavy atom. The van der Waals surface area contributed by atoms with Crippen molar-refractivity contribution in [2.24, 2.45) is 5.73 Å². The Bertz CT molecular complexity index is 441. The van der Waals surface area contributed by atoms with Crippen molar-refractivity contribution < 1.29 is 9.26 Å². The summed E-state index contributed by atoms with van der Waals surface area (Å²) in [5.41, 5.74) is 6.03. The van der Waals surface area contributed by atoms with Crippen molar-refractivity contribution in [1.29, 1.82) is 0 Å². The number of benzene rings is 1. The van der Waals surface area contributed by atoms with E-state index < -0.39 is 0 Å². The van der Waals surface area contributed by atoms with Crippen LogP contribution >= 0.6 is 15.9 Å². The minimum absolute atomic E-state index is 0.433. The molecule has 4 nitrogen and oxygen atoms in total. The highest BCUT2D eigenvalue weighted by Gasteiger charge is 2.11. The van der Waals surface area contributed by atoms with Gasteiger partial charge in [-0.25, -0.2) is 0 Å². The van der Waals surface area contributed by atoms with Crippen molar-refractivity contribution in [2.75, 3.05) is 13.2 Å². The van der Waals surface area contributed by atoms with Crippen LogP contribution in [0.15, 0.2) is 27.2 Å². The molecule has 0 fully saturated rings. The minimum Gasteiger partial charge on any atom is -0.474 e. The van der Waals surface area contributed by atoms with Gasteiger partial charge in [0.2, 0.25) is 0 Å². The maximum absolute atomic E-state index is 5.33. The van der Waals surface area contributed by atoms with E-state index in [9.17, 15) is 0 Å². The predicted molar refractivity (Wildman–Crippen MR) is 56.3 cm³/mol. The van der Waals surface area contributed by atoms with E-state index in [1.54, 1.807) is 0 Å². The van der Waals surface area contributed by atoms with E-state index in [0.717, 1.165) is 9.86 Å². The summed E-state index contributed by atoms with van der Waals surface area (Å²) < 4.78 is 11.3. The molecular weight excluding hydrogens is 248 g/mol. The van der Waals surface area contributed by atoms with E-state index >= 15 is 0 Å². The van der Waals surface area contributed by atoms with Crippen LogP contribution in [0.2, 0.25) is 0 Å². The fourth-order valence-electron chi connectivity index (χ4n) is 1.18. The van der Waals surface area contributed by atoms with Gasteiger partial charge in [-0.3, -0.25) is 0 Å². The number of halogens is 1. The van der Waals surface area contributed by atoms with E-state index in [4.69, 9.17) is 15.0 Å². The van der Waals surface area contributed by atoms with Gasteiger partial charge >= 0.3 is 0 Å². The summed E-state index contributed by atoms with van der Waals surface area (Å²) in [6.45, 7) is 0.891. The Morgan fingerprint density at radius 1 is 1.50 bits per heavy atom. The second kappa shape index (κ2) is 3.98. The van der Waals surface area contributed by atoms with Crippen molar-refractivity contribution in [3.8, 4) is 5.88 Å². The van der Waals surface area contributed by atoms with Gasteiger partial charge in [-0.05, 0) is 33.2 Å². The zero-order valence-corrected chi connectivity index (χ0v) is 8.95. The fraction of sp³-hybridized carbons (Fsp3) is 0.222. The van der Waals surface area contributed by atoms with Crippen LogP contribution in [0.5, 0.6) is 5.88 Å². The van der Waals surface area contributed by atoms with E-state index in [1.807, 2.05) is 18.2 Å². The van der Waals surface area contributed by atoms with Crippen LogP contribution in [0.1, 0.15) is 0 Å². The maximum atomic E-state index is 5.33. The first-order valence-corrected chi connectivity index (χ1v) is 4.99. The highest BCUT2D eigenvalue weighted by Crippen LogP contribution is 2.31. The summed E-state index contributed by atoms with van der Waals surface area (Å²) in [7, 11) is 0. The molecule has 5 heteroatoms. The number of nitrogens with two attached hydrogens (primary N) is 1. The Hall–Kier alpha value is -1.07. The third-order valence-electron chi connectivity index (χ3n) is 1.77. The largest absolute Gasteiger partial charge is 0.474 e. The molecular formula is C9H9BrN2O2. The van der Waals surface area contributed by atoms with Crippen molar-refractivity contribution >= 4 is 26.9 Å². The normalized spacial score (nSPS) is 10.7. The molecule has 0 atom stereocenters. The first kappa shape index (κ1) is 9.48. The third-order valence-corrected chi connectivity index (χ3v) is 2.43. The monoisotopic (exact) mass is 256 g/mol. The van der Waals surface area contributed by atoms with Gasteiger partial charge in [0, 0.05) is 11.0 Å². The van der Waals surface area contributed by atoms with Crippen molar-refractivity contribution in [3.05, 3.63) is 22.7 Å². The summed E-state index contributed by atoms with van der Waals surface area (Å²) in [6.07, 6.45) is 0. The van der Waals surface area contributed by atoms with E-state index in [1.165, 1.54) is 0 Å². The topological polar surface area (TPSA) is 61.3 Å². The Morgan fingerprint density at radius 2 is 2.36 bits per heavy atom. The first-order chi connectivity index (χ1) is 6.83. The number of hydrogen-bond acceptors (Lipinski definition) is 4. The number of nitrogens with zero attached hydrogens (tertiary/aromatic N) is 1. The number of rotatable bonds is 3. The molecule has 0 bridgehead atoms. The second-order valence-electron chi connectivity index (χ2n) is 2.74. The Kier molecular flexibility index (Phi) is 2.69. The van der Waals surface area contributed by atoms with Gasteiger partial charge in [0.05, 0.1) is 5.39 Å². The third kappa shape index (κ3) is 1.60. The molecule has 1 aromatic carbocycles. The molecule has 0 radical (unpaired) electrons. The number of fused-ring (bicyclic) bond motifs is 1. The smallest absolute Gasteiger partial charge is 0.263 e. The number of ether oxygens (including phenoxy) is 1. The average Bonchev–Trinajstić information content (AvgIpc) is 2.59. The second-order valence-corrected chi connectivity index (χ2v) is 3.59. The standard InChI is InChI=1S/C9H9BrN2O2/c10-6-2-1-3-7-8(6)9(12-14-7)13-5-4-11/h1-3H,4-5,11H2. The summed E-state index contributed by atoms with van der Waals surface area (Å²) in [4.78, 5) is 0. The van der Waals surface area contributed by atoms with Crippen LogP contribution in [-0.2, 0) is 0 Å². The predicted octanol–water partition coefficient (Wildman–Crippen LogP) is 1.93. The van der Waals surface area contributed by atoms with Gasteiger partial charge in [-0.2, -0.15) is 0 Å². The summed E-state index contributed by atoms with van der Waals surface area (Å²) in [5.74, 6) is 0.484. The van der Waals surface area contributed by atoms with E-state index in [0.29, 0.717) is 24.6 Å². The van der Waals surface area contributed by atoms with E-state index in [-0.39, 0.29) is 0 Å². The van der Waals surface area contributed by atoms with Crippen molar-refractivity contribution in [3.63, 3.8) is 0 Å². The van der Waals surface area contributed by atoms with Crippen LogP contribution in [0.3, 0.4) is 0 Å². The van der Waals surface area contributed by atoms with Gasteiger partial charge in [-0.15, -0.1) is 0 Å². The summed E-state index contributed by atoms with van der Waals surface area (Å²) in [6, 6.07) is 5.63. The molecule has 0 saturated carbocycles. The Labute approximate surface area is 89.1 Å². The molecule has 14 heavy (non-hydrogen) atoms. The van der Waals surface area contributed by atoms with Crippen molar-refractivity contribution in [1.82, 2.24) is 5.16 Å². The molecule has 0 aliphatic carbocycles. The summed E-state index contributed by atoms with van der Waals surface area (Å²) >= 11 is 3.41. The zero-order valence-electron chi connectivity index (χ0n) is 7.37. The highest BCUT2D eigenvalue weighted by atomic mass is 79.9. The molecule has 2 aromatic rings. The van der Waals surface area contributed by atoms with Crippen molar-refractivity contribution in [2.45, 2.75) is 0 Å². The Balaban J connectivity index is 2.45. The van der Waals surface area contributed by atoms with E-state index in [2.05, 4.69) is 21.1 Å². The molecule has 74 valence electrons. The lowest BCUT2D eigenvalue weighted by atomic mass is 10.3.